The van der Waals surface area contributed by atoms with Gasteiger partial charge in [0.15, 0.2) is 17.3 Å². The molecule has 0 unspecified atom stereocenters. The number of oxazole rings is 1. The fourth-order valence-corrected chi connectivity index (χ4v) is 3.66. The Morgan fingerprint density at radius 2 is 1.71 bits per heavy atom. The summed E-state index contributed by atoms with van der Waals surface area (Å²) in [6, 6.07) is 1.65. The molecule has 150 valence electrons. The second kappa shape index (κ2) is 7.75. The number of amides is 2. The molecule has 0 aromatic carbocycles. The summed E-state index contributed by atoms with van der Waals surface area (Å²) >= 11 is 0. The van der Waals surface area contributed by atoms with Crippen molar-refractivity contribution < 1.29 is 23.3 Å². The molecule has 0 radical (unpaired) electrons. The lowest BCUT2D eigenvalue weighted by Crippen LogP contribution is -2.41. The third-order valence-electron chi connectivity index (χ3n) is 5.29. The molecule has 0 N–H and O–H groups in total. The Labute approximate surface area is 162 Å². The van der Waals surface area contributed by atoms with E-state index in [2.05, 4.69) is 10.1 Å². The topological polar surface area (TPSA) is 102 Å². The highest BCUT2D eigenvalue weighted by atomic mass is 16.5. The Kier molecular flexibility index (Phi) is 5.17. The second-order valence-corrected chi connectivity index (χ2v) is 7.25. The van der Waals surface area contributed by atoms with Crippen LogP contribution in [0.1, 0.15) is 57.1 Å². The maximum atomic E-state index is 12.7. The van der Waals surface area contributed by atoms with E-state index in [1.807, 2.05) is 0 Å². The number of nitrogens with zero attached hydrogens (tertiary/aromatic N) is 4. The van der Waals surface area contributed by atoms with Crippen molar-refractivity contribution >= 4 is 11.8 Å². The maximum absolute atomic E-state index is 12.7. The average molecular weight is 388 g/mol. The molecule has 9 heteroatoms. The van der Waals surface area contributed by atoms with Crippen LogP contribution >= 0.6 is 0 Å². The molecule has 2 fully saturated rings. The minimum atomic E-state index is -0.123. The summed E-state index contributed by atoms with van der Waals surface area (Å²) in [4.78, 5) is 33.2. The first-order chi connectivity index (χ1) is 13.5. The van der Waals surface area contributed by atoms with Crippen LogP contribution < -0.4 is 0 Å². The summed E-state index contributed by atoms with van der Waals surface area (Å²) < 4.78 is 16.1. The van der Waals surface area contributed by atoms with Crippen LogP contribution in [-0.2, 0) is 4.74 Å². The first kappa shape index (κ1) is 18.7. The predicted octanol–water partition coefficient (Wildman–Crippen LogP) is 1.77. The third-order valence-corrected chi connectivity index (χ3v) is 5.29. The van der Waals surface area contributed by atoms with Crippen molar-refractivity contribution in [3.05, 3.63) is 34.9 Å². The van der Waals surface area contributed by atoms with Crippen molar-refractivity contribution in [1.29, 1.82) is 0 Å². The summed E-state index contributed by atoms with van der Waals surface area (Å²) in [6.07, 6.45) is 1.46. The Morgan fingerprint density at radius 3 is 2.36 bits per heavy atom. The van der Waals surface area contributed by atoms with E-state index in [0.29, 0.717) is 68.2 Å². The zero-order chi connectivity index (χ0) is 19.7. The normalized spacial score (nSPS) is 18.5. The van der Waals surface area contributed by atoms with Crippen LogP contribution in [0.3, 0.4) is 0 Å². The highest BCUT2D eigenvalue weighted by Crippen LogP contribution is 2.30. The molecule has 0 atom stereocenters. The number of piperidine rings is 1. The number of aromatic nitrogens is 2. The van der Waals surface area contributed by atoms with Gasteiger partial charge in [-0.2, -0.15) is 0 Å². The number of aryl methyl sites for hydroxylation is 2. The number of carbonyl (C=O) groups excluding carboxylic acids is 2. The first-order valence-electron chi connectivity index (χ1n) is 9.60. The molecule has 9 nitrogen and oxygen atoms in total. The number of carbonyl (C=O) groups is 2. The maximum Gasteiger partial charge on any atom is 0.276 e. The van der Waals surface area contributed by atoms with Crippen LogP contribution in [0.15, 0.2) is 15.0 Å². The van der Waals surface area contributed by atoms with Crippen LogP contribution in [0.5, 0.6) is 0 Å². The van der Waals surface area contributed by atoms with Gasteiger partial charge < -0.3 is 23.5 Å². The largest absolute Gasteiger partial charge is 0.445 e. The first-order valence-corrected chi connectivity index (χ1v) is 9.60. The summed E-state index contributed by atoms with van der Waals surface area (Å²) in [5.41, 5.74) is 0.717. The lowest BCUT2D eigenvalue weighted by Gasteiger charge is -2.30. The zero-order valence-corrected chi connectivity index (χ0v) is 16.1. The van der Waals surface area contributed by atoms with Gasteiger partial charge in [-0.25, -0.2) is 4.98 Å². The van der Waals surface area contributed by atoms with E-state index in [0.717, 1.165) is 12.8 Å². The molecule has 2 amide bonds. The number of morpholine rings is 1. The smallest absolute Gasteiger partial charge is 0.276 e. The van der Waals surface area contributed by atoms with Crippen LogP contribution in [0.2, 0.25) is 0 Å². The fourth-order valence-electron chi connectivity index (χ4n) is 3.66. The van der Waals surface area contributed by atoms with Crippen molar-refractivity contribution in [3.8, 4) is 0 Å². The Hall–Kier alpha value is -2.68. The van der Waals surface area contributed by atoms with Crippen molar-refractivity contribution in [2.75, 3.05) is 39.4 Å². The molecule has 4 rings (SSSR count). The molecular formula is C19H24N4O5. The van der Waals surface area contributed by atoms with Crippen LogP contribution in [-0.4, -0.2) is 71.1 Å². The molecular weight excluding hydrogens is 364 g/mol. The van der Waals surface area contributed by atoms with E-state index >= 15 is 0 Å². The van der Waals surface area contributed by atoms with Crippen LogP contribution in [0.4, 0.5) is 0 Å². The number of likely N-dealkylation sites (tertiary alicyclic amines) is 1. The minimum Gasteiger partial charge on any atom is -0.445 e. The molecule has 0 aliphatic carbocycles. The SMILES string of the molecule is Cc1cc(C(=O)N2CCC(c3nc(C(=O)N4CCOCC4)c(C)o3)CC2)no1. The summed E-state index contributed by atoms with van der Waals surface area (Å²) in [5.74, 6) is 1.60. The molecule has 0 bridgehead atoms. The van der Waals surface area contributed by atoms with Gasteiger partial charge in [0.1, 0.15) is 11.5 Å². The van der Waals surface area contributed by atoms with Crippen LogP contribution in [0, 0.1) is 13.8 Å². The van der Waals surface area contributed by atoms with E-state index in [-0.39, 0.29) is 17.7 Å². The Balaban J connectivity index is 1.39. The molecule has 28 heavy (non-hydrogen) atoms. The Bertz CT molecular complexity index is 860. The van der Waals surface area contributed by atoms with Gasteiger partial charge in [0, 0.05) is 38.2 Å². The molecule has 2 aliphatic heterocycles. The van der Waals surface area contributed by atoms with Gasteiger partial charge in [-0.3, -0.25) is 9.59 Å². The van der Waals surface area contributed by atoms with Crippen molar-refractivity contribution in [1.82, 2.24) is 19.9 Å². The minimum absolute atomic E-state index is 0.0908. The van der Waals surface area contributed by atoms with Gasteiger partial charge in [0.25, 0.3) is 11.8 Å². The summed E-state index contributed by atoms with van der Waals surface area (Å²) in [6.45, 7) is 6.95. The van der Waals surface area contributed by atoms with E-state index in [9.17, 15) is 9.59 Å². The highest BCUT2D eigenvalue weighted by molar-refractivity contribution is 5.93. The van der Waals surface area contributed by atoms with E-state index in [1.165, 1.54) is 0 Å². The molecule has 0 spiro atoms. The van der Waals surface area contributed by atoms with E-state index in [1.54, 1.807) is 29.7 Å². The van der Waals surface area contributed by atoms with Crippen LogP contribution in [0.25, 0.3) is 0 Å². The van der Waals surface area contributed by atoms with Gasteiger partial charge in [0.05, 0.1) is 13.2 Å². The lowest BCUT2D eigenvalue weighted by atomic mass is 9.96. The third kappa shape index (κ3) is 3.66. The molecule has 2 aromatic rings. The van der Waals surface area contributed by atoms with Gasteiger partial charge >= 0.3 is 0 Å². The van der Waals surface area contributed by atoms with Crippen molar-refractivity contribution in [2.45, 2.75) is 32.6 Å². The van der Waals surface area contributed by atoms with E-state index < -0.39 is 0 Å². The summed E-state index contributed by atoms with van der Waals surface area (Å²) in [5, 5.41) is 3.80. The monoisotopic (exact) mass is 388 g/mol. The average Bonchev–Trinajstić information content (AvgIpc) is 3.33. The highest BCUT2D eigenvalue weighted by Gasteiger charge is 2.31. The molecule has 2 saturated heterocycles. The number of hydrogen-bond acceptors (Lipinski definition) is 7. The van der Waals surface area contributed by atoms with Crippen molar-refractivity contribution in [2.24, 2.45) is 0 Å². The lowest BCUT2D eigenvalue weighted by molar-refractivity contribution is 0.0298. The number of rotatable bonds is 3. The van der Waals surface area contributed by atoms with Gasteiger partial charge in [0.2, 0.25) is 0 Å². The second-order valence-electron chi connectivity index (χ2n) is 7.25. The molecule has 0 saturated carbocycles. The fraction of sp³-hybridized carbons (Fsp3) is 0.579. The quantitative estimate of drug-likeness (QED) is 0.789. The van der Waals surface area contributed by atoms with Crippen molar-refractivity contribution in [3.63, 3.8) is 0 Å². The van der Waals surface area contributed by atoms with Gasteiger partial charge in [-0.1, -0.05) is 5.16 Å². The zero-order valence-electron chi connectivity index (χ0n) is 16.1. The molecule has 4 heterocycles. The van der Waals surface area contributed by atoms with Gasteiger partial charge in [-0.15, -0.1) is 0 Å². The Morgan fingerprint density at radius 1 is 1.04 bits per heavy atom. The standard InChI is InChI=1S/C19H24N4O5/c1-12-11-15(21-28-12)18(24)22-5-3-14(4-6-22)17-20-16(13(2)27-17)19(25)23-7-9-26-10-8-23/h11,14H,3-10H2,1-2H3. The van der Waals surface area contributed by atoms with E-state index in [4.69, 9.17) is 13.7 Å². The molecule has 2 aliphatic rings. The number of ether oxygens (including phenoxy) is 1. The predicted molar refractivity (Wildman–Crippen MR) is 97.1 cm³/mol. The molecule has 2 aromatic heterocycles. The summed E-state index contributed by atoms with van der Waals surface area (Å²) in [7, 11) is 0. The van der Waals surface area contributed by atoms with Gasteiger partial charge in [-0.05, 0) is 26.7 Å². The number of hydrogen-bond donors (Lipinski definition) is 0.